The Labute approximate surface area is 98.3 Å². The Balaban J connectivity index is 4.17. The van der Waals surface area contributed by atoms with Crippen LogP contribution in [-0.4, -0.2) is 43.2 Å². The van der Waals surface area contributed by atoms with Gasteiger partial charge in [0.05, 0.1) is 18.8 Å². The van der Waals surface area contributed by atoms with Crippen LogP contribution in [0, 0.1) is 5.92 Å². The van der Waals surface area contributed by atoms with Gasteiger partial charge in [-0.2, -0.15) is 0 Å². The maximum atomic E-state index is 11.6. The number of carbonyl (C=O) groups is 1. The molecule has 1 unspecified atom stereocenters. The first-order chi connectivity index (χ1) is 7.40. The van der Waals surface area contributed by atoms with Gasteiger partial charge in [-0.1, -0.05) is 13.8 Å². The summed E-state index contributed by atoms with van der Waals surface area (Å²) in [6, 6.07) is -0.208. The first-order valence-corrected chi connectivity index (χ1v) is 5.72. The number of rotatable bonds is 7. The Bertz CT molecular complexity index is 207. The zero-order valence-electron chi connectivity index (χ0n) is 11.0. The maximum Gasteiger partial charge on any atom is 0.251 e. The van der Waals surface area contributed by atoms with E-state index in [2.05, 4.69) is 5.43 Å². The van der Waals surface area contributed by atoms with Gasteiger partial charge in [0.25, 0.3) is 5.91 Å². The lowest BCUT2D eigenvalue weighted by atomic mass is 10.0. The molecule has 1 atom stereocenters. The zero-order chi connectivity index (χ0) is 12.7. The summed E-state index contributed by atoms with van der Waals surface area (Å²) in [5.74, 6) is 5.23. The molecule has 0 rings (SSSR count). The molecule has 5 nitrogen and oxygen atoms in total. The molecule has 96 valence electrons. The summed E-state index contributed by atoms with van der Waals surface area (Å²) < 4.78 is 5.45. The predicted octanol–water partition coefficient (Wildman–Crippen LogP) is 0.358. The molecule has 0 saturated carbocycles. The topological polar surface area (TPSA) is 67.6 Å². The molecular formula is C11H25N3O2. The van der Waals surface area contributed by atoms with Crippen molar-refractivity contribution in [3.05, 3.63) is 0 Å². The largest absolute Gasteiger partial charge is 0.377 e. The van der Waals surface area contributed by atoms with Gasteiger partial charge < -0.3 is 4.74 Å². The summed E-state index contributed by atoms with van der Waals surface area (Å²) >= 11 is 0. The molecule has 5 heteroatoms. The number of ether oxygens (including phenoxy) is 1. The fraction of sp³-hybridized carbons (Fsp3) is 0.909. The summed E-state index contributed by atoms with van der Waals surface area (Å²) in [5.41, 5.74) is 2.21. The Morgan fingerprint density at radius 3 is 2.31 bits per heavy atom. The molecule has 16 heavy (non-hydrogen) atoms. The molecule has 0 saturated heterocycles. The minimum absolute atomic E-state index is 0.151. The van der Waals surface area contributed by atoms with Crippen LogP contribution in [0.2, 0.25) is 0 Å². The van der Waals surface area contributed by atoms with Gasteiger partial charge in [-0.25, -0.2) is 5.84 Å². The summed E-state index contributed by atoms with van der Waals surface area (Å²) in [5, 5.41) is 0. The van der Waals surface area contributed by atoms with Crippen molar-refractivity contribution in [1.82, 2.24) is 10.3 Å². The second kappa shape index (κ2) is 7.60. The van der Waals surface area contributed by atoms with E-state index in [1.807, 2.05) is 39.6 Å². The van der Waals surface area contributed by atoms with Crippen molar-refractivity contribution >= 4 is 5.91 Å². The highest BCUT2D eigenvalue weighted by molar-refractivity contribution is 5.81. The van der Waals surface area contributed by atoms with E-state index in [-0.39, 0.29) is 24.0 Å². The molecule has 1 amide bonds. The molecule has 0 radical (unpaired) electrons. The number of hydrazine groups is 1. The highest BCUT2D eigenvalue weighted by Gasteiger charge is 2.25. The van der Waals surface area contributed by atoms with Crippen LogP contribution in [0.15, 0.2) is 0 Å². The quantitative estimate of drug-likeness (QED) is 0.377. The second-order valence-electron chi connectivity index (χ2n) is 4.60. The lowest BCUT2D eigenvalue weighted by Crippen LogP contribution is -2.51. The third-order valence-electron chi connectivity index (χ3n) is 2.41. The molecule has 0 aliphatic heterocycles. The Kier molecular flexibility index (Phi) is 7.29. The van der Waals surface area contributed by atoms with Crippen LogP contribution in [0.3, 0.4) is 0 Å². The minimum Gasteiger partial charge on any atom is -0.377 e. The lowest BCUT2D eigenvalue weighted by molar-refractivity contribution is -0.127. The number of hydrogen-bond donors (Lipinski definition) is 2. The van der Waals surface area contributed by atoms with Crippen LogP contribution in [0.1, 0.15) is 27.7 Å². The van der Waals surface area contributed by atoms with Crippen LogP contribution in [-0.2, 0) is 9.53 Å². The summed E-state index contributed by atoms with van der Waals surface area (Å²) in [6.07, 6.45) is 0.217. The first kappa shape index (κ1) is 15.3. The lowest BCUT2D eigenvalue weighted by Gasteiger charge is -2.29. The van der Waals surface area contributed by atoms with Crippen molar-refractivity contribution in [2.24, 2.45) is 11.8 Å². The van der Waals surface area contributed by atoms with Crippen LogP contribution in [0.5, 0.6) is 0 Å². The standard InChI is InChI=1S/C11H25N3O2/c1-8(2)10(11(15)13-12)14(5)6-7-16-9(3)4/h8-10H,6-7,12H2,1-5H3,(H,13,15). The fourth-order valence-corrected chi connectivity index (χ4v) is 1.67. The monoisotopic (exact) mass is 231 g/mol. The fourth-order valence-electron chi connectivity index (χ4n) is 1.67. The van der Waals surface area contributed by atoms with Crippen molar-refractivity contribution in [2.45, 2.75) is 39.8 Å². The second-order valence-corrected chi connectivity index (χ2v) is 4.60. The molecule has 0 aromatic carbocycles. The van der Waals surface area contributed by atoms with Crippen LogP contribution >= 0.6 is 0 Å². The SMILES string of the molecule is CC(C)OCCN(C)C(C(=O)NN)C(C)C. The molecule has 0 fully saturated rings. The summed E-state index contributed by atoms with van der Waals surface area (Å²) in [4.78, 5) is 13.5. The van der Waals surface area contributed by atoms with E-state index in [1.165, 1.54) is 0 Å². The van der Waals surface area contributed by atoms with Gasteiger partial charge in [0.2, 0.25) is 0 Å². The van der Waals surface area contributed by atoms with Crippen molar-refractivity contribution in [1.29, 1.82) is 0 Å². The summed E-state index contributed by atoms with van der Waals surface area (Å²) in [6.45, 7) is 9.32. The maximum absolute atomic E-state index is 11.6. The van der Waals surface area contributed by atoms with Gasteiger partial charge in [-0.15, -0.1) is 0 Å². The number of hydrogen-bond acceptors (Lipinski definition) is 4. The Morgan fingerprint density at radius 2 is 1.94 bits per heavy atom. The van der Waals surface area contributed by atoms with Crippen molar-refractivity contribution < 1.29 is 9.53 Å². The van der Waals surface area contributed by atoms with Gasteiger partial charge in [0, 0.05) is 6.54 Å². The van der Waals surface area contributed by atoms with Gasteiger partial charge in [-0.3, -0.25) is 15.1 Å². The van der Waals surface area contributed by atoms with Gasteiger partial charge in [-0.05, 0) is 26.8 Å². The number of nitrogens with one attached hydrogen (secondary N) is 1. The number of carbonyl (C=O) groups excluding carboxylic acids is 1. The molecular weight excluding hydrogens is 206 g/mol. The van der Waals surface area contributed by atoms with E-state index in [0.29, 0.717) is 13.2 Å². The van der Waals surface area contributed by atoms with Crippen molar-refractivity contribution in [3.8, 4) is 0 Å². The van der Waals surface area contributed by atoms with E-state index >= 15 is 0 Å². The smallest absolute Gasteiger partial charge is 0.251 e. The molecule has 0 aromatic rings. The van der Waals surface area contributed by atoms with Crippen LogP contribution in [0.4, 0.5) is 0 Å². The number of nitrogens with two attached hydrogens (primary N) is 1. The molecule has 0 aliphatic carbocycles. The average Bonchev–Trinajstić information content (AvgIpc) is 2.16. The molecule has 0 bridgehead atoms. The Morgan fingerprint density at radius 1 is 1.38 bits per heavy atom. The van der Waals surface area contributed by atoms with Crippen molar-refractivity contribution in [3.63, 3.8) is 0 Å². The first-order valence-electron chi connectivity index (χ1n) is 5.72. The molecule has 0 spiro atoms. The van der Waals surface area contributed by atoms with E-state index in [9.17, 15) is 4.79 Å². The normalized spacial score (nSPS) is 13.6. The third kappa shape index (κ3) is 5.44. The predicted molar refractivity (Wildman–Crippen MR) is 64.7 cm³/mol. The van der Waals surface area contributed by atoms with Gasteiger partial charge in [0.1, 0.15) is 0 Å². The number of amides is 1. The number of likely N-dealkylation sites (N-methyl/N-ethyl adjacent to an activating group) is 1. The van der Waals surface area contributed by atoms with Gasteiger partial charge in [0.15, 0.2) is 0 Å². The van der Waals surface area contributed by atoms with E-state index in [4.69, 9.17) is 10.6 Å². The summed E-state index contributed by atoms with van der Waals surface area (Å²) in [7, 11) is 1.91. The molecule has 3 N–H and O–H groups in total. The third-order valence-corrected chi connectivity index (χ3v) is 2.41. The Hall–Kier alpha value is -0.650. The van der Waals surface area contributed by atoms with E-state index in [1.54, 1.807) is 0 Å². The minimum atomic E-state index is -0.208. The van der Waals surface area contributed by atoms with Crippen molar-refractivity contribution in [2.75, 3.05) is 20.2 Å². The van der Waals surface area contributed by atoms with E-state index < -0.39 is 0 Å². The highest BCUT2D eigenvalue weighted by Crippen LogP contribution is 2.08. The molecule has 0 heterocycles. The van der Waals surface area contributed by atoms with E-state index in [0.717, 1.165) is 0 Å². The highest BCUT2D eigenvalue weighted by atomic mass is 16.5. The van der Waals surface area contributed by atoms with Crippen LogP contribution < -0.4 is 11.3 Å². The molecule has 0 aliphatic rings. The van der Waals surface area contributed by atoms with Gasteiger partial charge >= 0.3 is 0 Å². The van der Waals surface area contributed by atoms with Crippen LogP contribution in [0.25, 0.3) is 0 Å². The molecule has 0 aromatic heterocycles. The zero-order valence-corrected chi connectivity index (χ0v) is 11.0. The average molecular weight is 231 g/mol. The number of nitrogens with zero attached hydrogens (tertiary/aromatic N) is 1.